The minimum Gasteiger partial charge on any atom is -0.336 e. The van der Waals surface area contributed by atoms with E-state index in [4.69, 9.17) is 0 Å². The normalized spacial score (nSPS) is 20.1. The third kappa shape index (κ3) is 3.30. The van der Waals surface area contributed by atoms with Crippen LogP contribution in [0.2, 0.25) is 0 Å². The Kier molecular flexibility index (Phi) is 4.83. The van der Waals surface area contributed by atoms with Crippen LogP contribution in [-0.4, -0.2) is 32.4 Å². The van der Waals surface area contributed by atoms with Gasteiger partial charge in [0.15, 0.2) is 0 Å². The van der Waals surface area contributed by atoms with Crippen LogP contribution in [0.3, 0.4) is 0 Å². The first-order valence-electron chi connectivity index (χ1n) is 9.39. The number of carbonyl (C=O) groups excluding carboxylic acids is 1. The van der Waals surface area contributed by atoms with Crippen LogP contribution in [0.15, 0.2) is 46.8 Å². The molecule has 0 aliphatic carbocycles. The lowest BCUT2D eigenvalue weighted by Gasteiger charge is -2.39. The highest BCUT2D eigenvalue weighted by molar-refractivity contribution is 7.17. The number of thiophene rings is 1. The molecule has 140 valence electrons. The second-order valence-corrected chi connectivity index (χ2v) is 8.16. The molecule has 1 amide bonds. The smallest absolute Gasteiger partial charge is 0.263 e. The number of hydrogen-bond donors (Lipinski definition) is 0. The van der Waals surface area contributed by atoms with Crippen LogP contribution in [0.4, 0.5) is 0 Å². The molecule has 3 heterocycles. The molecule has 1 aromatic carbocycles. The van der Waals surface area contributed by atoms with E-state index in [1.165, 1.54) is 22.2 Å². The van der Waals surface area contributed by atoms with Crippen LogP contribution in [0.25, 0.3) is 21.3 Å². The monoisotopic (exact) mass is 381 g/mol. The van der Waals surface area contributed by atoms with Crippen molar-refractivity contribution < 1.29 is 4.79 Å². The van der Waals surface area contributed by atoms with Crippen molar-refractivity contribution in [2.24, 2.45) is 0 Å². The summed E-state index contributed by atoms with van der Waals surface area (Å²) in [5, 5.41) is 2.57. The van der Waals surface area contributed by atoms with E-state index in [1.54, 1.807) is 0 Å². The van der Waals surface area contributed by atoms with Gasteiger partial charge in [0, 0.05) is 23.0 Å². The average molecular weight is 382 g/mol. The highest BCUT2D eigenvalue weighted by Crippen LogP contribution is 2.30. The third-order valence-electron chi connectivity index (χ3n) is 5.43. The van der Waals surface area contributed by atoms with E-state index in [9.17, 15) is 9.59 Å². The van der Waals surface area contributed by atoms with Crippen molar-refractivity contribution in [1.29, 1.82) is 0 Å². The molecule has 2 aromatic heterocycles. The SMILES string of the molecule is C[C@@H]1CCC[C@@H](C)N1C(=O)Cn1cnc2scc(-c3ccccc3)c2c1=O. The third-order valence-corrected chi connectivity index (χ3v) is 6.32. The number of nitrogens with zero attached hydrogens (tertiary/aromatic N) is 3. The van der Waals surface area contributed by atoms with Crippen LogP contribution in [0.1, 0.15) is 33.1 Å². The van der Waals surface area contributed by atoms with E-state index >= 15 is 0 Å². The standard InChI is InChI=1S/C21H23N3O2S/c1-14-7-6-8-15(2)24(14)18(25)11-23-13-22-20-19(21(23)26)17(12-27-20)16-9-4-3-5-10-16/h3-5,9-10,12-15H,6-8,11H2,1-2H3/t14-,15-/m1/s1. The molecule has 27 heavy (non-hydrogen) atoms. The van der Waals surface area contributed by atoms with Gasteiger partial charge in [-0.25, -0.2) is 4.98 Å². The highest BCUT2D eigenvalue weighted by Gasteiger charge is 2.29. The molecule has 5 nitrogen and oxygen atoms in total. The van der Waals surface area contributed by atoms with Crippen LogP contribution < -0.4 is 5.56 Å². The molecule has 6 heteroatoms. The van der Waals surface area contributed by atoms with E-state index in [0.717, 1.165) is 30.4 Å². The van der Waals surface area contributed by atoms with Gasteiger partial charge in [-0.1, -0.05) is 30.3 Å². The molecule has 1 saturated heterocycles. The van der Waals surface area contributed by atoms with Crippen molar-refractivity contribution in [1.82, 2.24) is 14.5 Å². The Bertz CT molecular complexity index is 1010. The maximum atomic E-state index is 13.1. The van der Waals surface area contributed by atoms with Crippen LogP contribution in [-0.2, 0) is 11.3 Å². The number of fused-ring (bicyclic) bond motifs is 1. The Morgan fingerprint density at radius 1 is 1.19 bits per heavy atom. The molecule has 0 N–H and O–H groups in total. The van der Waals surface area contributed by atoms with Gasteiger partial charge in [0.05, 0.1) is 11.7 Å². The summed E-state index contributed by atoms with van der Waals surface area (Å²) >= 11 is 1.46. The zero-order valence-corrected chi connectivity index (χ0v) is 16.4. The lowest BCUT2D eigenvalue weighted by Crippen LogP contribution is -2.49. The fraction of sp³-hybridized carbons (Fsp3) is 0.381. The Morgan fingerprint density at radius 3 is 2.59 bits per heavy atom. The summed E-state index contributed by atoms with van der Waals surface area (Å²) < 4.78 is 1.46. The quantitative estimate of drug-likeness (QED) is 0.691. The van der Waals surface area contributed by atoms with Crippen molar-refractivity contribution in [3.63, 3.8) is 0 Å². The van der Waals surface area contributed by atoms with Gasteiger partial charge in [-0.2, -0.15) is 0 Å². The lowest BCUT2D eigenvalue weighted by molar-refractivity contribution is -0.138. The van der Waals surface area contributed by atoms with E-state index < -0.39 is 0 Å². The molecule has 3 aromatic rings. The minimum atomic E-state index is -0.147. The molecule has 2 atom stereocenters. The van der Waals surface area contributed by atoms with Crippen LogP contribution in [0.5, 0.6) is 0 Å². The van der Waals surface area contributed by atoms with Gasteiger partial charge in [-0.3, -0.25) is 14.2 Å². The van der Waals surface area contributed by atoms with Gasteiger partial charge in [0.1, 0.15) is 11.4 Å². The summed E-state index contributed by atoms with van der Waals surface area (Å²) in [6, 6.07) is 10.3. The number of aromatic nitrogens is 2. The summed E-state index contributed by atoms with van der Waals surface area (Å²) in [5.41, 5.74) is 1.73. The van der Waals surface area contributed by atoms with Gasteiger partial charge in [0.2, 0.25) is 5.91 Å². The second-order valence-electron chi connectivity index (χ2n) is 7.30. The number of amides is 1. The first-order chi connectivity index (χ1) is 13.1. The number of hydrogen-bond acceptors (Lipinski definition) is 4. The molecule has 1 aliphatic heterocycles. The van der Waals surface area contributed by atoms with Crippen molar-refractivity contribution in [2.75, 3.05) is 0 Å². The first kappa shape index (κ1) is 17.9. The molecular formula is C21H23N3O2S. The molecule has 1 fully saturated rings. The summed E-state index contributed by atoms with van der Waals surface area (Å²) in [6.45, 7) is 4.22. The number of benzene rings is 1. The fourth-order valence-electron chi connectivity index (χ4n) is 4.05. The molecule has 0 unspecified atom stereocenters. The Morgan fingerprint density at radius 2 is 1.89 bits per heavy atom. The molecular weight excluding hydrogens is 358 g/mol. The van der Waals surface area contributed by atoms with E-state index in [2.05, 4.69) is 18.8 Å². The summed E-state index contributed by atoms with van der Waals surface area (Å²) in [5.74, 6) is -0.00515. The number of piperidine rings is 1. The van der Waals surface area contributed by atoms with E-state index in [-0.39, 0.29) is 30.1 Å². The van der Waals surface area contributed by atoms with Crippen LogP contribution >= 0.6 is 11.3 Å². The largest absolute Gasteiger partial charge is 0.336 e. The Balaban J connectivity index is 1.70. The zero-order chi connectivity index (χ0) is 19.0. The Labute approximate surface area is 162 Å². The molecule has 4 rings (SSSR count). The van der Waals surface area contributed by atoms with Gasteiger partial charge in [0.25, 0.3) is 5.56 Å². The molecule has 0 radical (unpaired) electrons. The highest BCUT2D eigenvalue weighted by atomic mass is 32.1. The van der Waals surface area contributed by atoms with Crippen LogP contribution in [0, 0.1) is 0 Å². The fourth-order valence-corrected chi connectivity index (χ4v) is 4.96. The average Bonchev–Trinajstić information content (AvgIpc) is 3.09. The van der Waals surface area contributed by atoms with Gasteiger partial charge < -0.3 is 4.90 Å². The van der Waals surface area contributed by atoms with Gasteiger partial charge >= 0.3 is 0 Å². The predicted molar refractivity (Wildman–Crippen MR) is 109 cm³/mol. The predicted octanol–water partition coefficient (Wildman–Crippen LogP) is 3.91. The first-order valence-corrected chi connectivity index (χ1v) is 10.3. The van der Waals surface area contributed by atoms with E-state index in [1.807, 2.05) is 40.6 Å². The van der Waals surface area contributed by atoms with Gasteiger partial charge in [-0.05, 0) is 38.7 Å². The topological polar surface area (TPSA) is 55.2 Å². The summed E-state index contributed by atoms with van der Waals surface area (Å²) in [4.78, 5) is 33.1. The number of carbonyl (C=O) groups is 1. The van der Waals surface area contributed by atoms with Gasteiger partial charge in [-0.15, -0.1) is 11.3 Å². The van der Waals surface area contributed by atoms with Crippen molar-refractivity contribution in [3.8, 4) is 11.1 Å². The lowest BCUT2D eigenvalue weighted by atomic mass is 9.97. The maximum absolute atomic E-state index is 13.1. The van der Waals surface area contributed by atoms with Crippen molar-refractivity contribution in [3.05, 3.63) is 52.4 Å². The minimum absolute atomic E-state index is 0.00515. The molecule has 1 aliphatic rings. The van der Waals surface area contributed by atoms with E-state index in [0.29, 0.717) is 10.2 Å². The Hall–Kier alpha value is -2.47. The summed E-state index contributed by atoms with van der Waals surface area (Å²) in [6.07, 6.45) is 4.69. The van der Waals surface area contributed by atoms with Crippen molar-refractivity contribution in [2.45, 2.75) is 51.7 Å². The molecule has 0 spiro atoms. The second kappa shape index (κ2) is 7.27. The number of likely N-dealkylation sites (tertiary alicyclic amines) is 1. The number of rotatable bonds is 3. The molecule has 0 bridgehead atoms. The molecule has 0 saturated carbocycles. The zero-order valence-electron chi connectivity index (χ0n) is 15.6. The van der Waals surface area contributed by atoms with Crippen molar-refractivity contribution >= 4 is 27.5 Å². The maximum Gasteiger partial charge on any atom is 0.263 e. The summed E-state index contributed by atoms with van der Waals surface area (Å²) in [7, 11) is 0.